The first-order valence-electron chi connectivity index (χ1n) is 22.2. The van der Waals surface area contributed by atoms with Crippen LogP contribution < -0.4 is 24.0 Å². The second-order valence-electron chi connectivity index (χ2n) is 19.0. The largest absolute Gasteiger partial charge is 0.497 e. The van der Waals surface area contributed by atoms with E-state index in [1.165, 1.54) is 0 Å². The molecule has 0 aliphatic carbocycles. The average molecular weight is 897 g/mol. The number of anilines is 2. The Morgan fingerprint density at radius 2 is 1.47 bits per heavy atom. The number of rotatable bonds is 17. The Morgan fingerprint density at radius 1 is 0.875 bits per heavy atom. The molecule has 2 aromatic carbocycles. The number of piperazine rings is 1. The Kier molecular flexibility index (Phi) is 15.1. The summed E-state index contributed by atoms with van der Waals surface area (Å²) in [7, 11) is 1.29. The first-order chi connectivity index (χ1) is 30.3. The van der Waals surface area contributed by atoms with Gasteiger partial charge in [0.2, 0.25) is 0 Å². The lowest BCUT2D eigenvalue weighted by atomic mass is 10.1. The summed E-state index contributed by atoms with van der Waals surface area (Å²) < 4.78 is 31.3. The molecule has 64 heavy (non-hydrogen) atoms. The number of amides is 1. The van der Waals surface area contributed by atoms with Gasteiger partial charge in [-0.3, -0.25) is 0 Å². The van der Waals surface area contributed by atoms with E-state index >= 15 is 0 Å². The molecule has 0 saturated carbocycles. The second-order valence-corrected chi connectivity index (χ2v) is 23.8. The van der Waals surface area contributed by atoms with E-state index in [0.29, 0.717) is 75.0 Å². The number of aryl methyl sites for hydroxylation is 1. The smallest absolute Gasteiger partial charge is 0.410 e. The van der Waals surface area contributed by atoms with Crippen molar-refractivity contribution < 1.29 is 33.3 Å². The van der Waals surface area contributed by atoms with Crippen LogP contribution in [-0.2, 0) is 22.3 Å². The van der Waals surface area contributed by atoms with E-state index in [2.05, 4.69) is 50.6 Å². The first kappa shape index (κ1) is 48.0. The summed E-state index contributed by atoms with van der Waals surface area (Å²) in [6.07, 6.45) is 3.42. The zero-order valence-corrected chi connectivity index (χ0v) is 40.8. The molecule has 1 saturated heterocycles. The highest BCUT2D eigenvalue weighted by molar-refractivity contribution is 6.74. The summed E-state index contributed by atoms with van der Waals surface area (Å²) in [6.45, 7) is 24.5. The monoisotopic (exact) mass is 896 g/mol. The first-order valence-corrected chi connectivity index (χ1v) is 25.1. The molecule has 4 heterocycles. The van der Waals surface area contributed by atoms with E-state index in [1.807, 2.05) is 82.3 Å². The lowest BCUT2D eigenvalue weighted by Crippen LogP contribution is -2.50. The van der Waals surface area contributed by atoms with Crippen molar-refractivity contribution >= 4 is 31.7 Å². The van der Waals surface area contributed by atoms with Gasteiger partial charge in [-0.15, -0.1) is 5.10 Å². The molecule has 5 aromatic rings. The molecule has 1 N–H and O–H groups in total. The van der Waals surface area contributed by atoms with Crippen LogP contribution in [-0.4, -0.2) is 108 Å². The van der Waals surface area contributed by atoms with Gasteiger partial charge in [-0.25, -0.2) is 19.3 Å². The van der Waals surface area contributed by atoms with Crippen molar-refractivity contribution in [3.63, 3.8) is 0 Å². The van der Waals surface area contributed by atoms with Gasteiger partial charge in [0.05, 0.1) is 32.7 Å². The van der Waals surface area contributed by atoms with E-state index in [1.54, 1.807) is 36.0 Å². The molecule has 2 atom stereocenters. The van der Waals surface area contributed by atoms with Gasteiger partial charge in [0.1, 0.15) is 29.0 Å². The van der Waals surface area contributed by atoms with Gasteiger partial charge in [0, 0.05) is 63.6 Å². The van der Waals surface area contributed by atoms with Crippen molar-refractivity contribution in [2.24, 2.45) is 0 Å². The fourth-order valence-corrected chi connectivity index (χ4v) is 8.79. The molecule has 1 amide bonds. The van der Waals surface area contributed by atoms with Crippen LogP contribution in [0.4, 0.5) is 16.4 Å². The highest BCUT2D eigenvalue weighted by Crippen LogP contribution is 2.38. The van der Waals surface area contributed by atoms with E-state index in [9.17, 15) is 9.90 Å². The minimum absolute atomic E-state index is 0.0175. The number of nitrogens with zero attached hydrogens (tertiary/aromatic N) is 8. The molecule has 0 spiro atoms. The standard InChI is InChI=1S/C48H68N8O7Si/c1-13-37(63-64(11,12)48(6,7)8)22-27-61-45-51-44(55(31-34-14-18-38(59-9)19-15-34)32-35-16-20-39(60-10)21-17-35)43-50-30-40(56(43)52-45)41(57)36-28-33(2)42(49-29-36)53-23-25-54(26-24-53)46(58)62-47(3,4)5/h14-21,28-30,37,41,57H,13,22-27,31-32H2,1-12H3. The molecule has 6 rings (SSSR count). The molecule has 346 valence electrons. The van der Waals surface area contributed by atoms with E-state index in [0.717, 1.165) is 40.4 Å². The number of hydrogen-bond donors (Lipinski definition) is 1. The molecular formula is C48H68N8O7Si. The summed E-state index contributed by atoms with van der Waals surface area (Å²) in [6, 6.07) is 18.0. The summed E-state index contributed by atoms with van der Waals surface area (Å²) in [5.41, 5.74) is 3.87. The van der Waals surface area contributed by atoms with Crippen molar-refractivity contribution in [1.29, 1.82) is 0 Å². The molecule has 0 radical (unpaired) electrons. The Balaban J connectivity index is 1.33. The van der Waals surface area contributed by atoms with Gasteiger partial charge in [-0.1, -0.05) is 52.0 Å². The van der Waals surface area contributed by atoms with Gasteiger partial charge in [-0.05, 0) is 99.3 Å². The van der Waals surface area contributed by atoms with Crippen LogP contribution in [0.5, 0.6) is 17.5 Å². The number of hydrogen-bond acceptors (Lipinski definition) is 13. The van der Waals surface area contributed by atoms with Crippen LogP contribution in [0, 0.1) is 6.92 Å². The molecule has 16 heteroatoms. The maximum Gasteiger partial charge on any atom is 0.410 e. The van der Waals surface area contributed by atoms with Gasteiger partial charge >= 0.3 is 12.1 Å². The summed E-state index contributed by atoms with van der Waals surface area (Å²) in [5, 5.41) is 17.1. The third kappa shape index (κ3) is 11.8. The van der Waals surface area contributed by atoms with Gasteiger partial charge in [0.15, 0.2) is 19.8 Å². The second kappa shape index (κ2) is 20.2. The Labute approximate surface area is 379 Å². The maximum absolute atomic E-state index is 12.7. The molecule has 1 fully saturated rings. The van der Waals surface area contributed by atoms with Gasteiger partial charge in [0.25, 0.3) is 0 Å². The van der Waals surface area contributed by atoms with Crippen LogP contribution in [0.15, 0.2) is 67.0 Å². The minimum Gasteiger partial charge on any atom is -0.497 e. The van der Waals surface area contributed by atoms with Crippen molar-refractivity contribution in [1.82, 2.24) is 29.5 Å². The lowest BCUT2D eigenvalue weighted by Gasteiger charge is -2.39. The number of ether oxygens (including phenoxy) is 4. The molecule has 0 bridgehead atoms. The summed E-state index contributed by atoms with van der Waals surface area (Å²) in [5.74, 6) is 2.86. The summed E-state index contributed by atoms with van der Waals surface area (Å²) in [4.78, 5) is 33.5. The normalized spacial score (nSPS) is 14.6. The van der Waals surface area contributed by atoms with E-state index in [-0.39, 0.29) is 23.2 Å². The van der Waals surface area contributed by atoms with Crippen molar-refractivity contribution in [2.45, 2.75) is 117 Å². The molecule has 1 aliphatic rings. The predicted molar refractivity (Wildman–Crippen MR) is 252 cm³/mol. The number of carbonyl (C=O) groups is 1. The quantitative estimate of drug-likeness (QED) is 0.0888. The minimum atomic E-state index is -2.02. The van der Waals surface area contributed by atoms with E-state index in [4.69, 9.17) is 43.4 Å². The Bertz CT molecular complexity index is 2270. The highest BCUT2D eigenvalue weighted by Gasteiger charge is 2.39. The number of imidazole rings is 1. The highest BCUT2D eigenvalue weighted by atomic mass is 28.4. The zero-order valence-electron chi connectivity index (χ0n) is 39.8. The van der Waals surface area contributed by atoms with Crippen LogP contribution in [0.1, 0.15) is 95.4 Å². The van der Waals surface area contributed by atoms with Crippen molar-refractivity contribution in [3.8, 4) is 17.5 Å². The maximum atomic E-state index is 12.7. The zero-order chi connectivity index (χ0) is 46.4. The average Bonchev–Trinajstić information content (AvgIpc) is 3.69. The molecule has 3 aromatic heterocycles. The van der Waals surface area contributed by atoms with Crippen LogP contribution in [0.25, 0.3) is 5.65 Å². The number of aromatic nitrogens is 5. The Hall–Kier alpha value is -5.45. The van der Waals surface area contributed by atoms with Gasteiger partial charge in [-0.2, -0.15) is 4.98 Å². The number of methoxy groups -OCH3 is 2. The number of carbonyl (C=O) groups excluding carboxylic acids is 1. The fourth-order valence-electron chi connectivity index (χ4n) is 7.32. The van der Waals surface area contributed by atoms with Crippen LogP contribution in [0.2, 0.25) is 18.1 Å². The lowest BCUT2D eigenvalue weighted by molar-refractivity contribution is 0.0240. The van der Waals surface area contributed by atoms with Crippen molar-refractivity contribution in [2.75, 3.05) is 56.8 Å². The predicted octanol–water partition coefficient (Wildman–Crippen LogP) is 8.76. The third-order valence-corrected chi connectivity index (χ3v) is 16.5. The molecule has 15 nitrogen and oxygen atoms in total. The molecule has 2 unspecified atom stereocenters. The Morgan fingerprint density at radius 3 is 1.98 bits per heavy atom. The van der Waals surface area contributed by atoms with Crippen LogP contribution >= 0.6 is 0 Å². The van der Waals surface area contributed by atoms with Crippen LogP contribution in [0.3, 0.4) is 0 Å². The van der Waals surface area contributed by atoms with E-state index < -0.39 is 20.0 Å². The fraction of sp³-hybridized carbons (Fsp3) is 0.521. The number of fused-ring (bicyclic) bond motifs is 1. The molecule has 1 aliphatic heterocycles. The number of aliphatic hydroxyl groups is 1. The summed E-state index contributed by atoms with van der Waals surface area (Å²) >= 11 is 0. The molecular weight excluding hydrogens is 829 g/mol. The van der Waals surface area contributed by atoms with Crippen molar-refractivity contribution in [3.05, 3.63) is 94.9 Å². The number of aliphatic hydroxyl groups excluding tert-OH is 1. The number of pyridine rings is 1. The third-order valence-electron chi connectivity index (χ3n) is 12.0. The number of benzene rings is 2. The van der Waals surface area contributed by atoms with Gasteiger partial charge < -0.3 is 43.2 Å². The SMILES string of the molecule is CCC(CCOc1nc(N(Cc2ccc(OC)cc2)Cc2ccc(OC)cc2)c2ncc(C(O)c3cnc(N4CCN(C(=O)OC(C)(C)C)CC4)c(C)c3)n2n1)O[Si](C)(C)C(C)(C)C. The topological polar surface area (TPSA) is 149 Å².